The van der Waals surface area contributed by atoms with Gasteiger partial charge in [0, 0.05) is 15.4 Å². The van der Waals surface area contributed by atoms with Crippen molar-refractivity contribution < 1.29 is 9.13 Å². The largest absolute Gasteiger partial charge is 0.494 e. The fraction of sp³-hybridized carbons (Fsp3) is 0.294. The van der Waals surface area contributed by atoms with Gasteiger partial charge in [-0.1, -0.05) is 52.7 Å². The highest BCUT2D eigenvalue weighted by Crippen LogP contribution is 2.32. The quantitative estimate of drug-likeness (QED) is 0.570. The van der Waals surface area contributed by atoms with E-state index in [0.717, 1.165) is 17.7 Å². The van der Waals surface area contributed by atoms with Crippen LogP contribution in [0.2, 0.25) is 5.02 Å². The van der Waals surface area contributed by atoms with E-state index in [2.05, 4.69) is 22.9 Å². The van der Waals surface area contributed by atoms with E-state index in [9.17, 15) is 4.39 Å². The summed E-state index contributed by atoms with van der Waals surface area (Å²) in [7, 11) is 0. The molecule has 1 unspecified atom stereocenters. The van der Waals surface area contributed by atoms with E-state index < -0.39 is 0 Å². The SMILES string of the molecule is CCCOc1cccc(C(Br)Cc2c(F)cccc2Cl)c1. The van der Waals surface area contributed by atoms with Gasteiger partial charge in [-0.3, -0.25) is 0 Å². The van der Waals surface area contributed by atoms with Crippen molar-refractivity contribution in [1.29, 1.82) is 0 Å². The first kappa shape index (κ1) is 16.3. The average molecular weight is 372 g/mol. The van der Waals surface area contributed by atoms with Gasteiger partial charge in [-0.25, -0.2) is 4.39 Å². The minimum Gasteiger partial charge on any atom is -0.494 e. The fourth-order valence-electron chi connectivity index (χ4n) is 2.04. The van der Waals surface area contributed by atoms with E-state index in [1.807, 2.05) is 24.3 Å². The first-order valence-corrected chi connectivity index (χ1v) is 8.21. The maximum absolute atomic E-state index is 13.8. The molecule has 0 aromatic heterocycles. The Bertz CT molecular complexity index is 583. The van der Waals surface area contributed by atoms with Crippen LogP contribution in [0.4, 0.5) is 4.39 Å². The van der Waals surface area contributed by atoms with E-state index >= 15 is 0 Å². The van der Waals surface area contributed by atoms with Gasteiger partial charge in [0.25, 0.3) is 0 Å². The topological polar surface area (TPSA) is 9.23 Å². The normalized spacial score (nSPS) is 12.2. The highest BCUT2D eigenvalue weighted by Gasteiger charge is 2.14. The molecular weight excluding hydrogens is 355 g/mol. The summed E-state index contributed by atoms with van der Waals surface area (Å²) in [5, 5.41) is 0.456. The van der Waals surface area contributed by atoms with Crippen LogP contribution in [0.3, 0.4) is 0 Å². The van der Waals surface area contributed by atoms with Gasteiger partial charge in [-0.15, -0.1) is 0 Å². The monoisotopic (exact) mass is 370 g/mol. The Morgan fingerprint density at radius 3 is 2.71 bits per heavy atom. The lowest BCUT2D eigenvalue weighted by atomic mass is 10.0. The second-order valence-corrected chi connectivity index (χ2v) is 6.31. The zero-order valence-electron chi connectivity index (χ0n) is 11.8. The molecule has 21 heavy (non-hydrogen) atoms. The Morgan fingerprint density at radius 2 is 2.00 bits per heavy atom. The van der Waals surface area contributed by atoms with E-state index in [0.29, 0.717) is 23.6 Å². The van der Waals surface area contributed by atoms with Gasteiger partial charge in [-0.2, -0.15) is 0 Å². The number of hydrogen-bond acceptors (Lipinski definition) is 1. The maximum atomic E-state index is 13.8. The summed E-state index contributed by atoms with van der Waals surface area (Å²) in [5.74, 6) is 0.559. The molecule has 0 aliphatic rings. The molecule has 0 bridgehead atoms. The molecule has 0 saturated carbocycles. The van der Waals surface area contributed by atoms with Gasteiger partial charge in [0.1, 0.15) is 11.6 Å². The lowest BCUT2D eigenvalue weighted by Gasteiger charge is -2.14. The van der Waals surface area contributed by atoms with Crippen molar-refractivity contribution in [2.24, 2.45) is 0 Å². The van der Waals surface area contributed by atoms with Gasteiger partial charge in [0.15, 0.2) is 0 Å². The summed E-state index contributed by atoms with van der Waals surface area (Å²) in [4.78, 5) is -0.0166. The molecule has 0 aliphatic heterocycles. The minimum atomic E-state index is -0.273. The molecule has 1 nitrogen and oxygen atoms in total. The third-order valence-corrected chi connectivity index (χ3v) is 4.34. The van der Waals surface area contributed by atoms with Gasteiger partial charge in [-0.05, 0) is 42.7 Å². The molecule has 4 heteroatoms. The Morgan fingerprint density at radius 1 is 1.24 bits per heavy atom. The van der Waals surface area contributed by atoms with Crippen LogP contribution >= 0.6 is 27.5 Å². The highest BCUT2D eigenvalue weighted by molar-refractivity contribution is 9.09. The predicted octanol–water partition coefficient (Wildman–Crippen LogP) is 5.95. The van der Waals surface area contributed by atoms with Gasteiger partial charge >= 0.3 is 0 Å². The zero-order valence-corrected chi connectivity index (χ0v) is 14.1. The molecule has 0 amide bonds. The van der Waals surface area contributed by atoms with Crippen molar-refractivity contribution in [3.8, 4) is 5.75 Å². The molecular formula is C17H17BrClFO. The van der Waals surface area contributed by atoms with Crippen molar-refractivity contribution in [3.63, 3.8) is 0 Å². The standard InChI is InChI=1S/C17H17BrClFO/c1-2-9-21-13-6-3-5-12(10-13)15(18)11-14-16(19)7-4-8-17(14)20/h3-8,10,15H,2,9,11H2,1H3. The average Bonchev–Trinajstić information content (AvgIpc) is 2.49. The van der Waals surface area contributed by atoms with Gasteiger partial charge in [0.05, 0.1) is 6.61 Å². The van der Waals surface area contributed by atoms with Crippen LogP contribution in [0.15, 0.2) is 42.5 Å². The van der Waals surface area contributed by atoms with Crippen LogP contribution in [-0.4, -0.2) is 6.61 Å². The molecule has 0 radical (unpaired) electrons. The van der Waals surface area contributed by atoms with Crippen molar-refractivity contribution >= 4 is 27.5 Å². The van der Waals surface area contributed by atoms with Crippen molar-refractivity contribution in [1.82, 2.24) is 0 Å². The van der Waals surface area contributed by atoms with E-state index in [4.69, 9.17) is 16.3 Å². The molecule has 2 aromatic carbocycles. The van der Waals surface area contributed by atoms with Crippen LogP contribution in [0.1, 0.15) is 29.3 Å². The Labute approximate surface area is 138 Å². The molecule has 2 rings (SSSR count). The molecule has 0 heterocycles. The molecule has 0 spiro atoms. The van der Waals surface area contributed by atoms with Crippen LogP contribution in [0, 0.1) is 5.82 Å². The van der Waals surface area contributed by atoms with Crippen LogP contribution < -0.4 is 4.74 Å². The summed E-state index contributed by atoms with van der Waals surface area (Å²) in [6.45, 7) is 2.76. The number of halogens is 3. The van der Waals surface area contributed by atoms with E-state index in [1.54, 1.807) is 12.1 Å². The molecule has 0 saturated heterocycles. The van der Waals surface area contributed by atoms with Crippen molar-refractivity contribution in [2.75, 3.05) is 6.61 Å². The van der Waals surface area contributed by atoms with Gasteiger partial charge < -0.3 is 4.74 Å². The highest BCUT2D eigenvalue weighted by atomic mass is 79.9. The first-order chi connectivity index (χ1) is 10.1. The zero-order chi connectivity index (χ0) is 15.2. The molecule has 0 N–H and O–H groups in total. The summed E-state index contributed by atoms with van der Waals surface area (Å²) in [6, 6.07) is 12.6. The molecule has 112 valence electrons. The lowest BCUT2D eigenvalue weighted by molar-refractivity contribution is 0.317. The number of rotatable bonds is 6. The van der Waals surface area contributed by atoms with Gasteiger partial charge in [0.2, 0.25) is 0 Å². The maximum Gasteiger partial charge on any atom is 0.127 e. The van der Waals surface area contributed by atoms with E-state index in [-0.39, 0.29) is 10.6 Å². The summed E-state index contributed by atoms with van der Waals surface area (Å²) < 4.78 is 19.5. The predicted molar refractivity (Wildman–Crippen MR) is 89.0 cm³/mol. The van der Waals surface area contributed by atoms with Crippen LogP contribution in [-0.2, 0) is 6.42 Å². The Kier molecular flexibility index (Phi) is 6.07. The fourth-order valence-corrected chi connectivity index (χ4v) is 2.89. The van der Waals surface area contributed by atoms with Crippen molar-refractivity contribution in [3.05, 3.63) is 64.4 Å². The minimum absolute atomic E-state index is 0.0166. The summed E-state index contributed by atoms with van der Waals surface area (Å²) in [6.07, 6.45) is 1.45. The Hall–Kier alpha value is -1.06. The second-order valence-electron chi connectivity index (χ2n) is 4.79. The lowest BCUT2D eigenvalue weighted by Crippen LogP contribution is -2.00. The van der Waals surface area contributed by atoms with E-state index in [1.165, 1.54) is 6.07 Å². The smallest absolute Gasteiger partial charge is 0.127 e. The number of hydrogen-bond donors (Lipinski definition) is 0. The van der Waals surface area contributed by atoms with Crippen LogP contribution in [0.25, 0.3) is 0 Å². The summed E-state index contributed by atoms with van der Waals surface area (Å²) in [5.41, 5.74) is 1.57. The first-order valence-electron chi connectivity index (χ1n) is 6.91. The van der Waals surface area contributed by atoms with Crippen molar-refractivity contribution in [2.45, 2.75) is 24.6 Å². The number of ether oxygens (including phenoxy) is 1. The molecule has 0 fully saturated rings. The summed E-state index contributed by atoms with van der Waals surface area (Å²) >= 11 is 9.69. The third-order valence-electron chi connectivity index (χ3n) is 3.14. The Balaban J connectivity index is 2.14. The number of alkyl halides is 1. The molecule has 0 aliphatic carbocycles. The molecule has 2 aromatic rings. The second kappa shape index (κ2) is 7.81. The van der Waals surface area contributed by atoms with Crippen LogP contribution in [0.5, 0.6) is 5.75 Å². The molecule has 1 atom stereocenters. The number of benzene rings is 2. The third kappa shape index (κ3) is 4.45.